The molecule has 1 unspecified atom stereocenters. The molecule has 105 heavy (non-hydrogen) atoms. The van der Waals surface area contributed by atoms with Crippen LogP contribution in [0.25, 0.3) is 49.9 Å². The van der Waals surface area contributed by atoms with Crippen LogP contribution in [0, 0.1) is 17.5 Å². The normalized spacial score (nSPS) is 12.8. The number of alkyl halides is 9. The van der Waals surface area contributed by atoms with Gasteiger partial charge in [0.05, 0.1) is 51.6 Å². The highest BCUT2D eigenvalue weighted by atomic mass is 35.5. The average molecular weight is 1590 g/mol. The highest BCUT2D eigenvalue weighted by Gasteiger charge is 2.37. The molecule has 0 bridgehead atoms. The Kier molecular flexibility index (Phi) is 23.7. The number of imidazole rings is 3. The molecule has 36 heteroatoms. The molecule has 12 aromatic rings. The van der Waals surface area contributed by atoms with Gasteiger partial charge in [0.15, 0.2) is 50.4 Å². The molecular formula is C69H57Cl6F12N15O3. The van der Waals surface area contributed by atoms with Crippen LogP contribution >= 0.6 is 69.6 Å². The molecule has 18 nitrogen and oxygen atoms in total. The summed E-state index contributed by atoms with van der Waals surface area (Å²) in [6, 6.07) is 9.96. The van der Waals surface area contributed by atoms with Crippen molar-refractivity contribution in [3.63, 3.8) is 0 Å². The number of nitrogens with zero attached hydrogens (tertiary/aromatic N) is 12. The SMILES string of the molecule is CCCOc1c(C(C)c2nc(Cl)c3c(N)nccn23)cc(Cl)c(F)c1-c1ccc(C(F)(F)F)nc1.CCCOc1c([C@@H](C)c2nc(Cl)c3c(N)nccn23)cc(Cl)c(F)c1-c1ccc(C(F)(F)F)nc1.CCCOc1c([C@H](C)c2nc(Cl)c3c(N)nccn23)cc(Cl)c(F)c1-c1ccc(C(F)(F)F)nc1. The molecule has 0 spiro atoms. The second kappa shape index (κ2) is 31.8. The largest absolute Gasteiger partial charge is 0.493 e. The fourth-order valence-corrected chi connectivity index (χ4v) is 12.8. The van der Waals surface area contributed by atoms with E-state index in [1.54, 1.807) is 52.6 Å². The van der Waals surface area contributed by atoms with Crippen LogP contribution in [0.5, 0.6) is 17.2 Å². The van der Waals surface area contributed by atoms with Crippen molar-refractivity contribution >= 4 is 104 Å². The minimum Gasteiger partial charge on any atom is -0.493 e. The van der Waals surface area contributed by atoms with Crippen LogP contribution < -0.4 is 31.4 Å². The molecule has 12 rings (SSSR count). The third kappa shape index (κ3) is 16.1. The quantitative estimate of drug-likeness (QED) is 0.0678. The van der Waals surface area contributed by atoms with Crippen molar-refractivity contribution in [2.24, 2.45) is 0 Å². The van der Waals surface area contributed by atoms with Crippen molar-refractivity contribution in [2.45, 2.75) is 97.1 Å². The Morgan fingerprint density at radius 1 is 0.400 bits per heavy atom. The van der Waals surface area contributed by atoms with Gasteiger partial charge >= 0.3 is 18.5 Å². The Morgan fingerprint density at radius 3 is 0.857 bits per heavy atom. The van der Waals surface area contributed by atoms with E-state index in [2.05, 4.69) is 44.9 Å². The second-order valence-corrected chi connectivity index (χ2v) is 25.6. The first kappa shape index (κ1) is 78.3. The third-order valence-electron chi connectivity index (χ3n) is 16.2. The lowest BCUT2D eigenvalue weighted by Crippen LogP contribution is -2.10. The molecule has 0 aliphatic carbocycles. The fraction of sp³-hybridized carbons (Fsp3) is 0.261. The van der Waals surface area contributed by atoms with Crippen molar-refractivity contribution in [1.82, 2.24) is 58.1 Å². The predicted molar refractivity (Wildman–Crippen MR) is 376 cm³/mol. The van der Waals surface area contributed by atoms with Gasteiger partial charge in [-0.3, -0.25) is 28.2 Å². The van der Waals surface area contributed by atoms with Crippen LogP contribution in [0.4, 0.5) is 70.1 Å². The summed E-state index contributed by atoms with van der Waals surface area (Å²) in [7, 11) is 0. The van der Waals surface area contributed by atoms with E-state index in [0.29, 0.717) is 70.0 Å². The van der Waals surface area contributed by atoms with Gasteiger partial charge in [0, 0.05) is 107 Å². The van der Waals surface area contributed by atoms with Gasteiger partial charge in [-0.2, -0.15) is 39.5 Å². The van der Waals surface area contributed by atoms with Crippen molar-refractivity contribution in [3.05, 3.63) is 210 Å². The number of hydrogen-bond donors (Lipinski definition) is 3. The molecular weight excluding hydrogens is 1530 g/mol. The number of nitrogens with two attached hydrogens (primary N) is 3. The zero-order valence-electron chi connectivity index (χ0n) is 55.5. The monoisotopic (exact) mass is 1580 g/mol. The lowest BCUT2D eigenvalue weighted by molar-refractivity contribution is -0.141. The van der Waals surface area contributed by atoms with Crippen molar-refractivity contribution in [3.8, 4) is 50.6 Å². The van der Waals surface area contributed by atoms with E-state index in [1.165, 1.54) is 36.8 Å². The highest BCUT2D eigenvalue weighted by molar-refractivity contribution is 6.34. The summed E-state index contributed by atoms with van der Waals surface area (Å²) < 4.78 is 186. The molecule has 0 saturated carbocycles. The minimum atomic E-state index is -4.63. The molecule has 6 N–H and O–H groups in total. The summed E-state index contributed by atoms with van der Waals surface area (Å²) in [5, 5.41) is -0.312. The second-order valence-electron chi connectivity index (χ2n) is 23.3. The topological polar surface area (TPSA) is 235 Å². The summed E-state index contributed by atoms with van der Waals surface area (Å²) in [5.74, 6) is -1.85. The Hall–Kier alpha value is -9.33. The van der Waals surface area contributed by atoms with Gasteiger partial charge < -0.3 is 31.4 Å². The van der Waals surface area contributed by atoms with Gasteiger partial charge in [0.1, 0.15) is 68.4 Å². The van der Waals surface area contributed by atoms with E-state index in [9.17, 15) is 39.5 Å². The first-order valence-electron chi connectivity index (χ1n) is 31.5. The van der Waals surface area contributed by atoms with Gasteiger partial charge in [0.25, 0.3) is 0 Å². The predicted octanol–water partition coefficient (Wildman–Crippen LogP) is 20.3. The van der Waals surface area contributed by atoms with Crippen LogP contribution in [0.15, 0.2) is 110 Å². The number of hydrogen-bond acceptors (Lipinski definition) is 15. The van der Waals surface area contributed by atoms with E-state index < -0.39 is 70.8 Å². The summed E-state index contributed by atoms with van der Waals surface area (Å²) in [4.78, 5) is 35.7. The molecule has 0 amide bonds. The maximum absolute atomic E-state index is 15.3. The third-order valence-corrected chi connectivity index (χ3v) is 17.9. The molecule has 0 radical (unpaired) electrons. The number of ether oxygens (including phenoxy) is 3. The first-order valence-corrected chi connectivity index (χ1v) is 33.8. The summed E-state index contributed by atoms with van der Waals surface area (Å²) >= 11 is 37.6. The van der Waals surface area contributed by atoms with Crippen LogP contribution in [0.1, 0.15) is 130 Å². The van der Waals surface area contributed by atoms with Crippen LogP contribution in [0.2, 0.25) is 30.5 Å². The molecule has 552 valence electrons. The van der Waals surface area contributed by atoms with E-state index in [-0.39, 0.29) is 118 Å². The molecule has 3 atom stereocenters. The number of pyridine rings is 3. The fourth-order valence-electron chi connectivity index (χ4n) is 11.3. The molecule has 9 aromatic heterocycles. The number of halogens is 18. The molecule has 3 aromatic carbocycles. The number of anilines is 3. The van der Waals surface area contributed by atoms with Gasteiger partial charge in [-0.05, 0) is 55.7 Å². The number of fused-ring (bicyclic) bond motifs is 3. The highest BCUT2D eigenvalue weighted by Crippen LogP contribution is 2.49. The smallest absolute Gasteiger partial charge is 0.433 e. The van der Waals surface area contributed by atoms with Crippen LogP contribution in [0.3, 0.4) is 0 Å². The Bertz CT molecular complexity index is 4680. The number of benzene rings is 3. The van der Waals surface area contributed by atoms with Crippen LogP contribution in [-0.4, -0.2) is 77.9 Å². The van der Waals surface area contributed by atoms with E-state index in [1.807, 2.05) is 20.8 Å². The minimum absolute atomic E-state index is 0.0806. The standard InChI is InChI=1S/3C23H19Cl2F4N5O/c3*1-3-8-35-19-13(11(2)22-33-20(25)18-21(30)31-6-7-34(18)22)9-14(24)17(26)16(19)12-4-5-15(32-10-12)23(27,28)29/h3*4-7,9-11H,3,8H2,1-2H3,(H2,30,31)/t2*11-;/m10./s1. The van der Waals surface area contributed by atoms with Crippen molar-refractivity contribution in [2.75, 3.05) is 37.0 Å². The molecule has 0 aliphatic rings. The number of rotatable bonds is 18. The molecule has 9 heterocycles. The Balaban J connectivity index is 0.000000169. The van der Waals surface area contributed by atoms with Crippen molar-refractivity contribution in [1.29, 1.82) is 0 Å². The summed E-state index contributed by atoms with van der Waals surface area (Å²) in [6.45, 7) is 11.6. The molecule has 0 saturated heterocycles. The Labute approximate surface area is 619 Å². The van der Waals surface area contributed by atoms with Crippen LogP contribution in [-0.2, 0) is 18.5 Å². The van der Waals surface area contributed by atoms with Gasteiger partial charge in [-0.15, -0.1) is 0 Å². The lowest BCUT2D eigenvalue weighted by atomic mass is 9.93. The summed E-state index contributed by atoms with van der Waals surface area (Å²) in [5.41, 5.74) is 17.1. The molecule has 0 aliphatic heterocycles. The van der Waals surface area contributed by atoms with E-state index >= 15 is 13.2 Å². The van der Waals surface area contributed by atoms with E-state index in [4.69, 9.17) is 101 Å². The number of aromatic nitrogens is 12. The average Bonchev–Trinajstić information content (AvgIpc) is 1.75. The van der Waals surface area contributed by atoms with Gasteiger partial charge in [0.2, 0.25) is 0 Å². The van der Waals surface area contributed by atoms with Gasteiger partial charge in [-0.1, -0.05) is 129 Å². The zero-order valence-corrected chi connectivity index (χ0v) is 60.0. The van der Waals surface area contributed by atoms with Crippen molar-refractivity contribution < 1.29 is 66.9 Å². The van der Waals surface area contributed by atoms with Gasteiger partial charge in [-0.25, -0.2) is 43.1 Å². The molecule has 0 fully saturated rings. The zero-order chi connectivity index (χ0) is 76.5. The summed E-state index contributed by atoms with van der Waals surface area (Å²) in [6.07, 6.45) is 0.0929. The maximum Gasteiger partial charge on any atom is 0.433 e. The first-order chi connectivity index (χ1) is 49.6. The Morgan fingerprint density at radius 2 is 0.648 bits per heavy atom. The number of nitrogen functional groups attached to an aromatic ring is 3. The van der Waals surface area contributed by atoms with E-state index in [0.717, 1.165) is 55.0 Å². The maximum atomic E-state index is 15.3. The lowest BCUT2D eigenvalue weighted by Gasteiger charge is -2.21.